The second-order valence-corrected chi connectivity index (χ2v) is 19.7. The van der Waals surface area contributed by atoms with E-state index in [-0.39, 0.29) is 17.3 Å². The highest BCUT2D eigenvalue weighted by Crippen LogP contribution is 2.52. The van der Waals surface area contributed by atoms with E-state index < -0.39 is 31.1 Å². The Balaban J connectivity index is 1.22. The van der Waals surface area contributed by atoms with Crippen molar-refractivity contribution < 1.29 is 30.7 Å². The summed E-state index contributed by atoms with van der Waals surface area (Å²) in [4.78, 5) is 18.7. The summed E-state index contributed by atoms with van der Waals surface area (Å²) in [7, 11) is -8.11. The first kappa shape index (κ1) is 40.6. The van der Waals surface area contributed by atoms with Crippen LogP contribution in [0.25, 0.3) is 21.5 Å². The second-order valence-electron chi connectivity index (χ2n) is 16.6. The van der Waals surface area contributed by atoms with Crippen molar-refractivity contribution in [3.63, 3.8) is 0 Å². The lowest BCUT2D eigenvalue weighted by Gasteiger charge is -2.28. The summed E-state index contributed by atoms with van der Waals surface area (Å²) >= 11 is 0. The highest BCUT2D eigenvalue weighted by molar-refractivity contribution is 7.86. The average molecular weight is 809 g/mol. The SMILES string of the molecule is CC1(C)/C(=C\C=C2/CCC/C(=C\C=C3\N(CCCCS(=O)(=O)O)c4ccc5ccccc5c4C3(C)C)C2=O)N(CCCCS(=O)(=O)O)c2ccc3ccccc3c21. The molecule has 0 radical (unpaired) electrons. The monoisotopic (exact) mass is 808 g/mol. The zero-order chi connectivity index (χ0) is 40.8. The Bertz CT molecular complexity index is 2420. The lowest BCUT2D eigenvalue weighted by atomic mass is 9.80. The highest BCUT2D eigenvalue weighted by Gasteiger charge is 2.42. The van der Waals surface area contributed by atoms with Gasteiger partial charge in [-0.15, -0.1) is 0 Å². The lowest BCUT2D eigenvalue weighted by molar-refractivity contribution is -0.113. The number of fused-ring (bicyclic) bond motifs is 6. The molecular formula is C46H52N2O7S2. The number of ketones is 1. The molecule has 0 atom stereocenters. The quantitative estimate of drug-likeness (QED) is 0.0816. The zero-order valence-electron chi connectivity index (χ0n) is 33.2. The highest BCUT2D eigenvalue weighted by atomic mass is 32.2. The van der Waals surface area contributed by atoms with E-state index in [1.54, 1.807) is 0 Å². The number of anilines is 2. The van der Waals surface area contributed by atoms with E-state index in [1.165, 1.54) is 11.1 Å². The number of Topliss-reactive ketones (excluding diaryl/α,β-unsaturated/α-hetero) is 1. The van der Waals surface area contributed by atoms with Gasteiger partial charge in [0, 0.05) is 46.7 Å². The summed E-state index contributed by atoms with van der Waals surface area (Å²) in [5.74, 6) is -0.556. The Labute approximate surface area is 337 Å². The summed E-state index contributed by atoms with van der Waals surface area (Å²) in [6.45, 7) is 9.90. The van der Waals surface area contributed by atoms with Gasteiger partial charge in [-0.3, -0.25) is 13.9 Å². The third kappa shape index (κ3) is 8.26. The molecule has 4 aromatic carbocycles. The van der Waals surface area contributed by atoms with Gasteiger partial charge in [-0.05, 0) is 113 Å². The Morgan fingerprint density at radius 2 is 0.982 bits per heavy atom. The summed E-state index contributed by atoms with van der Waals surface area (Å²) in [5.41, 5.74) is 7.23. The van der Waals surface area contributed by atoms with Crippen molar-refractivity contribution >= 4 is 58.9 Å². The average Bonchev–Trinajstić information content (AvgIpc) is 3.51. The van der Waals surface area contributed by atoms with Gasteiger partial charge in [0.25, 0.3) is 20.2 Å². The number of nitrogens with zero attached hydrogens (tertiary/aromatic N) is 2. The van der Waals surface area contributed by atoms with Crippen LogP contribution in [0.2, 0.25) is 0 Å². The molecule has 1 fully saturated rings. The molecule has 0 bridgehead atoms. The molecule has 0 spiro atoms. The fraction of sp³-hybridized carbons (Fsp3) is 0.370. The van der Waals surface area contributed by atoms with Gasteiger partial charge in [-0.1, -0.05) is 101 Å². The van der Waals surface area contributed by atoms with Crippen LogP contribution >= 0.6 is 0 Å². The summed E-state index contributed by atoms with van der Waals surface area (Å²) < 4.78 is 64.6. The molecule has 1 aliphatic carbocycles. The largest absolute Gasteiger partial charge is 0.344 e. The number of hydrogen-bond acceptors (Lipinski definition) is 7. The van der Waals surface area contributed by atoms with Crippen molar-refractivity contribution in [2.45, 2.75) is 83.5 Å². The van der Waals surface area contributed by atoms with Crippen LogP contribution in [0.5, 0.6) is 0 Å². The first-order valence-corrected chi connectivity index (χ1v) is 23.1. The summed E-state index contributed by atoms with van der Waals surface area (Å²) in [6, 6.07) is 25.1. The van der Waals surface area contributed by atoms with E-state index in [4.69, 9.17) is 0 Å². The third-order valence-electron chi connectivity index (χ3n) is 11.9. The Kier molecular flexibility index (Phi) is 11.2. The second kappa shape index (κ2) is 15.7. The number of unbranched alkanes of at least 4 members (excludes halogenated alkanes) is 2. The van der Waals surface area contributed by atoms with Crippen molar-refractivity contribution in [3.8, 4) is 0 Å². The van der Waals surface area contributed by atoms with Crippen molar-refractivity contribution in [2.75, 3.05) is 34.4 Å². The van der Waals surface area contributed by atoms with Crippen molar-refractivity contribution in [1.82, 2.24) is 0 Å². The standard InChI is InChI=1S/C46H52N2O7S2/c1-45(2)40(47(28-9-11-30-56(50,51)52)38-24-20-32-14-5-7-18-36(32)42(38)45)26-22-34-16-13-17-35(44(34)49)23-27-41-46(3,4)43-37-19-8-6-15-33(37)21-25-39(43)48(41)29-10-12-31-57(53,54)55/h5-8,14-15,18-27H,9-13,16-17,28-31H2,1-4H3,(H,50,51,52)(H,53,54,55)/b34-22+,35-23+,40-26+,41-27+. The van der Waals surface area contributed by atoms with Crippen LogP contribution in [0.3, 0.4) is 0 Å². The fourth-order valence-corrected chi connectivity index (χ4v) is 10.4. The maximum atomic E-state index is 14.2. The van der Waals surface area contributed by atoms with Gasteiger partial charge in [0.2, 0.25) is 0 Å². The molecule has 0 unspecified atom stereocenters. The van der Waals surface area contributed by atoms with E-state index in [1.807, 2.05) is 36.4 Å². The third-order valence-corrected chi connectivity index (χ3v) is 13.5. The molecule has 1 saturated carbocycles. The Morgan fingerprint density at radius 1 is 0.579 bits per heavy atom. The maximum Gasteiger partial charge on any atom is 0.264 e. The van der Waals surface area contributed by atoms with Crippen LogP contribution in [-0.2, 0) is 35.9 Å². The molecule has 57 heavy (non-hydrogen) atoms. The van der Waals surface area contributed by atoms with E-state index in [0.29, 0.717) is 51.6 Å². The van der Waals surface area contributed by atoms with Crippen LogP contribution in [0, 0.1) is 0 Å². The number of carbonyl (C=O) groups is 1. The molecule has 9 nitrogen and oxygen atoms in total. The number of hydrogen-bond donors (Lipinski definition) is 2. The van der Waals surface area contributed by atoms with E-state index >= 15 is 0 Å². The minimum Gasteiger partial charge on any atom is -0.344 e. The smallest absolute Gasteiger partial charge is 0.264 e. The molecule has 0 amide bonds. The normalized spacial score (nSPS) is 20.8. The van der Waals surface area contributed by atoms with Crippen LogP contribution < -0.4 is 9.80 Å². The number of carbonyl (C=O) groups excluding carboxylic acids is 1. The van der Waals surface area contributed by atoms with Crippen molar-refractivity contribution in [2.24, 2.45) is 0 Å². The molecule has 4 aromatic rings. The van der Waals surface area contributed by atoms with Crippen LogP contribution in [0.15, 0.2) is 120 Å². The zero-order valence-corrected chi connectivity index (χ0v) is 34.8. The van der Waals surface area contributed by atoms with Gasteiger partial charge in [0.1, 0.15) is 0 Å². The van der Waals surface area contributed by atoms with Crippen molar-refractivity contribution in [1.29, 1.82) is 0 Å². The first-order valence-electron chi connectivity index (χ1n) is 19.8. The molecule has 0 saturated heterocycles. The van der Waals surface area contributed by atoms with Crippen LogP contribution in [-0.4, -0.2) is 56.3 Å². The minimum absolute atomic E-state index is 0.0203. The molecule has 2 aliphatic heterocycles. The molecule has 11 heteroatoms. The maximum absolute atomic E-state index is 14.2. The molecule has 3 aliphatic rings. The number of allylic oxidation sites excluding steroid dienone is 8. The molecule has 7 rings (SSSR count). The van der Waals surface area contributed by atoms with Gasteiger partial charge in [-0.2, -0.15) is 16.8 Å². The Hall–Kier alpha value is -4.55. The van der Waals surface area contributed by atoms with Gasteiger partial charge in [-0.25, -0.2) is 0 Å². The molecule has 2 N–H and O–H groups in total. The number of rotatable bonds is 12. The molecule has 0 aromatic heterocycles. The fourth-order valence-electron chi connectivity index (χ4n) is 9.24. The van der Waals surface area contributed by atoms with E-state index in [9.17, 15) is 30.7 Å². The van der Waals surface area contributed by atoms with Gasteiger partial charge >= 0.3 is 0 Å². The van der Waals surface area contributed by atoms with Gasteiger partial charge in [0.15, 0.2) is 5.78 Å². The van der Waals surface area contributed by atoms with Gasteiger partial charge < -0.3 is 9.80 Å². The predicted molar refractivity (Wildman–Crippen MR) is 231 cm³/mol. The predicted octanol–water partition coefficient (Wildman–Crippen LogP) is 9.60. The van der Waals surface area contributed by atoms with Crippen LogP contribution in [0.4, 0.5) is 11.4 Å². The Morgan fingerprint density at radius 3 is 1.39 bits per heavy atom. The lowest BCUT2D eigenvalue weighted by Crippen LogP contribution is -2.27. The number of benzene rings is 4. The van der Waals surface area contributed by atoms with Gasteiger partial charge in [0.05, 0.1) is 11.5 Å². The van der Waals surface area contributed by atoms with E-state index in [2.05, 4.69) is 98.2 Å². The van der Waals surface area contributed by atoms with Crippen LogP contribution in [0.1, 0.15) is 83.8 Å². The molecule has 300 valence electrons. The minimum atomic E-state index is -4.06. The topological polar surface area (TPSA) is 132 Å². The van der Waals surface area contributed by atoms with Crippen molar-refractivity contribution in [3.05, 3.63) is 131 Å². The molecular weight excluding hydrogens is 757 g/mol. The first-order chi connectivity index (χ1) is 27.0. The summed E-state index contributed by atoms with van der Waals surface area (Å²) in [6.07, 6.45) is 12.0. The molecule has 2 heterocycles. The van der Waals surface area contributed by atoms with E-state index in [0.717, 1.165) is 61.9 Å². The summed E-state index contributed by atoms with van der Waals surface area (Å²) in [5, 5.41) is 4.59.